The van der Waals surface area contributed by atoms with E-state index in [1.807, 2.05) is 13.0 Å². The average Bonchev–Trinajstić information content (AvgIpc) is 2.27. The van der Waals surface area contributed by atoms with Crippen LogP contribution in [0.1, 0.15) is 22.8 Å². The molecule has 0 bridgehead atoms. The topological polar surface area (TPSA) is 20.2 Å². The van der Waals surface area contributed by atoms with Crippen LogP contribution in [0.2, 0.25) is 0 Å². The molecular weight excluding hydrogens is 302 g/mol. The monoisotopic (exact) mass is 312 g/mol. The van der Waals surface area contributed by atoms with Gasteiger partial charge < -0.3 is 5.11 Å². The van der Waals surface area contributed by atoms with Gasteiger partial charge in [-0.3, -0.25) is 0 Å². The van der Waals surface area contributed by atoms with E-state index in [1.54, 1.807) is 18.2 Å². The second-order valence-electron chi connectivity index (χ2n) is 4.10. The van der Waals surface area contributed by atoms with Crippen LogP contribution in [0.25, 0.3) is 0 Å². The fourth-order valence-corrected chi connectivity index (χ4v) is 2.22. The number of rotatable bonds is 2. The molecule has 0 heterocycles. The summed E-state index contributed by atoms with van der Waals surface area (Å²) in [6, 6.07) is 9.20. The van der Waals surface area contributed by atoms with Gasteiger partial charge in [-0.05, 0) is 24.6 Å². The molecule has 2 aromatic carbocycles. The Morgan fingerprint density at radius 1 is 1.11 bits per heavy atom. The van der Waals surface area contributed by atoms with Crippen molar-refractivity contribution >= 4 is 15.9 Å². The predicted molar refractivity (Wildman–Crippen MR) is 69.3 cm³/mol. The third kappa shape index (κ3) is 2.60. The molecule has 0 spiro atoms. The molecule has 2 aromatic rings. The first-order chi connectivity index (χ1) is 8.49. The number of aliphatic hydroxyl groups is 1. The van der Waals surface area contributed by atoms with Crippen LogP contribution in [-0.4, -0.2) is 5.11 Å². The molecular formula is C14H11BrF2O. The molecule has 4 heteroatoms. The lowest BCUT2D eigenvalue weighted by atomic mass is 9.99. The molecule has 0 amide bonds. The summed E-state index contributed by atoms with van der Waals surface area (Å²) in [5.41, 5.74) is 1.06. The minimum absolute atomic E-state index is 0.303. The Hall–Kier alpha value is -1.26. The summed E-state index contributed by atoms with van der Waals surface area (Å²) < 4.78 is 27.7. The quantitative estimate of drug-likeness (QED) is 0.884. The van der Waals surface area contributed by atoms with Crippen LogP contribution >= 0.6 is 15.9 Å². The summed E-state index contributed by atoms with van der Waals surface area (Å²) in [5, 5.41) is 10.1. The first-order valence-electron chi connectivity index (χ1n) is 5.38. The Kier molecular flexibility index (Phi) is 3.78. The van der Waals surface area contributed by atoms with Crippen molar-refractivity contribution in [2.75, 3.05) is 0 Å². The minimum atomic E-state index is -1.31. The largest absolute Gasteiger partial charge is 0.383 e. The lowest BCUT2D eigenvalue weighted by molar-refractivity contribution is 0.209. The van der Waals surface area contributed by atoms with Crippen LogP contribution in [0.5, 0.6) is 0 Å². The highest BCUT2D eigenvalue weighted by Gasteiger charge is 2.20. The lowest BCUT2D eigenvalue weighted by Gasteiger charge is -2.14. The molecule has 1 N–H and O–H groups in total. The molecule has 0 aliphatic rings. The van der Waals surface area contributed by atoms with Gasteiger partial charge in [0.25, 0.3) is 0 Å². The van der Waals surface area contributed by atoms with Gasteiger partial charge in [0.05, 0.1) is 5.56 Å². The Balaban J connectivity index is 2.49. The van der Waals surface area contributed by atoms with Crippen LogP contribution in [-0.2, 0) is 0 Å². The predicted octanol–water partition coefficient (Wildman–Crippen LogP) is 4.12. The highest BCUT2D eigenvalue weighted by atomic mass is 79.9. The van der Waals surface area contributed by atoms with Gasteiger partial charge in [0.1, 0.15) is 17.7 Å². The molecule has 0 aromatic heterocycles. The minimum Gasteiger partial charge on any atom is -0.383 e. The maximum atomic E-state index is 13.7. The van der Waals surface area contributed by atoms with Crippen molar-refractivity contribution in [3.8, 4) is 0 Å². The van der Waals surface area contributed by atoms with Gasteiger partial charge in [-0.25, -0.2) is 8.78 Å². The van der Waals surface area contributed by atoms with Crippen molar-refractivity contribution in [2.24, 2.45) is 0 Å². The SMILES string of the molecule is Cc1cccc(C(O)c2c(F)cc(Br)cc2F)c1. The standard InChI is InChI=1S/C14H11BrF2O/c1-8-3-2-4-9(5-8)14(18)13-11(16)6-10(15)7-12(13)17/h2-7,14,18H,1H3. The third-order valence-electron chi connectivity index (χ3n) is 2.68. The van der Waals surface area contributed by atoms with Crippen LogP contribution in [0.3, 0.4) is 0 Å². The van der Waals surface area contributed by atoms with E-state index in [9.17, 15) is 13.9 Å². The van der Waals surface area contributed by atoms with Gasteiger partial charge in [-0.2, -0.15) is 0 Å². The highest BCUT2D eigenvalue weighted by Crippen LogP contribution is 2.29. The smallest absolute Gasteiger partial charge is 0.133 e. The normalized spacial score (nSPS) is 12.5. The van der Waals surface area contributed by atoms with Gasteiger partial charge >= 0.3 is 0 Å². The summed E-state index contributed by atoms with van der Waals surface area (Å²) in [7, 11) is 0. The van der Waals surface area contributed by atoms with Crippen molar-refractivity contribution in [3.05, 3.63) is 69.2 Å². The first kappa shape index (κ1) is 13.2. The van der Waals surface area contributed by atoms with Crippen molar-refractivity contribution in [1.82, 2.24) is 0 Å². The molecule has 0 saturated heterocycles. The van der Waals surface area contributed by atoms with E-state index in [-0.39, 0.29) is 5.56 Å². The van der Waals surface area contributed by atoms with E-state index >= 15 is 0 Å². The molecule has 1 nitrogen and oxygen atoms in total. The van der Waals surface area contributed by atoms with Crippen molar-refractivity contribution in [2.45, 2.75) is 13.0 Å². The summed E-state index contributed by atoms with van der Waals surface area (Å²) in [5.74, 6) is -1.54. The number of hydrogen-bond acceptors (Lipinski definition) is 1. The molecule has 0 saturated carbocycles. The van der Waals surface area contributed by atoms with E-state index in [0.29, 0.717) is 10.0 Å². The maximum absolute atomic E-state index is 13.7. The Morgan fingerprint density at radius 2 is 1.72 bits per heavy atom. The molecule has 0 aliphatic carbocycles. The third-order valence-corrected chi connectivity index (χ3v) is 3.13. The second kappa shape index (κ2) is 5.16. The number of benzene rings is 2. The fraction of sp³-hybridized carbons (Fsp3) is 0.143. The number of aryl methyl sites for hydroxylation is 1. The van der Waals surface area contributed by atoms with Gasteiger partial charge in [-0.15, -0.1) is 0 Å². The van der Waals surface area contributed by atoms with Crippen LogP contribution in [0.15, 0.2) is 40.9 Å². The number of halogens is 3. The van der Waals surface area contributed by atoms with Gasteiger partial charge in [0, 0.05) is 4.47 Å². The lowest BCUT2D eigenvalue weighted by Crippen LogP contribution is -2.06. The zero-order chi connectivity index (χ0) is 13.3. The highest BCUT2D eigenvalue weighted by molar-refractivity contribution is 9.10. The molecule has 0 radical (unpaired) electrons. The fourth-order valence-electron chi connectivity index (χ4n) is 1.82. The van der Waals surface area contributed by atoms with E-state index in [0.717, 1.165) is 17.7 Å². The van der Waals surface area contributed by atoms with Crippen LogP contribution in [0.4, 0.5) is 8.78 Å². The average molecular weight is 313 g/mol. The summed E-state index contributed by atoms with van der Waals surface area (Å²) in [6.07, 6.45) is -1.31. The van der Waals surface area contributed by atoms with Crippen molar-refractivity contribution < 1.29 is 13.9 Å². The molecule has 18 heavy (non-hydrogen) atoms. The maximum Gasteiger partial charge on any atom is 0.133 e. The van der Waals surface area contributed by atoms with Gasteiger partial charge in [0.2, 0.25) is 0 Å². The molecule has 2 rings (SSSR count). The zero-order valence-electron chi connectivity index (χ0n) is 9.62. The van der Waals surface area contributed by atoms with E-state index < -0.39 is 17.7 Å². The molecule has 0 aliphatic heterocycles. The van der Waals surface area contributed by atoms with Crippen LogP contribution in [0, 0.1) is 18.6 Å². The number of aliphatic hydroxyl groups excluding tert-OH is 1. The first-order valence-corrected chi connectivity index (χ1v) is 6.17. The molecule has 94 valence electrons. The van der Waals surface area contributed by atoms with E-state index in [4.69, 9.17) is 0 Å². The summed E-state index contributed by atoms with van der Waals surface area (Å²) in [4.78, 5) is 0. The van der Waals surface area contributed by atoms with E-state index in [1.165, 1.54) is 0 Å². The molecule has 1 atom stereocenters. The Morgan fingerprint density at radius 3 is 2.28 bits per heavy atom. The molecule has 1 unspecified atom stereocenters. The summed E-state index contributed by atoms with van der Waals surface area (Å²) in [6.45, 7) is 1.85. The zero-order valence-corrected chi connectivity index (χ0v) is 11.2. The van der Waals surface area contributed by atoms with Crippen LogP contribution < -0.4 is 0 Å². The van der Waals surface area contributed by atoms with Crippen molar-refractivity contribution in [3.63, 3.8) is 0 Å². The van der Waals surface area contributed by atoms with Crippen molar-refractivity contribution in [1.29, 1.82) is 0 Å². The second-order valence-corrected chi connectivity index (χ2v) is 5.02. The summed E-state index contributed by atoms with van der Waals surface area (Å²) >= 11 is 3.00. The van der Waals surface area contributed by atoms with Gasteiger partial charge in [-0.1, -0.05) is 45.8 Å². The Bertz CT molecular complexity index is 561. The molecule has 0 fully saturated rings. The van der Waals surface area contributed by atoms with Gasteiger partial charge in [0.15, 0.2) is 0 Å². The number of hydrogen-bond donors (Lipinski definition) is 1. The van der Waals surface area contributed by atoms with E-state index in [2.05, 4.69) is 15.9 Å². The Labute approximate surface area is 112 Å².